The molecule has 2 aromatic carbocycles. The molecule has 0 fully saturated rings. The summed E-state index contributed by atoms with van der Waals surface area (Å²) in [5, 5.41) is 4.13. The first kappa shape index (κ1) is 20.4. The molecule has 1 aromatic heterocycles. The van der Waals surface area contributed by atoms with Gasteiger partial charge in [0, 0.05) is 16.8 Å². The predicted octanol–water partition coefficient (Wildman–Crippen LogP) is 5.06. The van der Waals surface area contributed by atoms with Gasteiger partial charge in [0.05, 0.1) is 16.2 Å². The van der Waals surface area contributed by atoms with Gasteiger partial charge in [-0.3, -0.25) is 14.2 Å². The lowest BCUT2D eigenvalue weighted by Crippen LogP contribution is -2.28. The Labute approximate surface area is 173 Å². The van der Waals surface area contributed by atoms with Crippen LogP contribution in [-0.2, 0) is 4.79 Å². The van der Waals surface area contributed by atoms with Gasteiger partial charge in [0.2, 0.25) is 5.91 Å². The summed E-state index contributed by atoms with van der Waals surface area (Å²) < 4.78 is 1.64. The number of carbonyl (C=O) groups is 1. The Kier molecular flexibility index (Phi) is 6.10. The third-order valence-corrected chi connectivity index (χ3v) is 5.70. The average molecular weight is 416 g/mol. The van der Waals surface area contributed by atoms with Crippen LogP contribution < -0.4 is 10.9 Å². The van der Waals surface area contributed by atoms with Crippen LogP contribution in [0.3, 0.4) is 0 Å². The van der Waals surface area contributed by atoms with E-state index < -0.39 is 5.25 Å². The number of fused-ring (bicyclic) bond motifs is 1. The van der Waals surface area contributed by atoms with E-state index in [4.69, 9.17) is 11.6 Å². The van der Waals surface area contributed by atoms with E-state index in [0.29, 0.717) is 26.8 Å². The number of rotatable bonds is 5. The highest BCUT2D eigenvalue weighted by molar-refractivity contribution is 8.00. The number of anilines is 1. The van der Waals surface area contributed by atoms with Gasteiger partial charge in [0.25, 0.3) is 5.56 Å². The SMILES string of the molecule is Cc1ccc(Cl)cc1NC(=O)[C@@H](C)Sc1nc2ccccc2c(=O)n1C(C)C. The number of hydrogen-bond donors (Lipinski definition) is 1. The van der Waals surface area contributed by atoms with E-state index in [9.17, 15) is 9.59 Å². The quantitative estimate of drug-likeness (QED) is 0.467. The minimum Gasteiger partial charge on any atom is -0.325 e. The van der Waals surface area contributed by atoms with Crippen LogP contribution in [0.5, 0.6) is 0 Å². The fraction of sp³-hybridized carbons (Fsp3) is 0.286. The third kappa shape index (κ3) is 4.23. The van der Waals surface area contributed by atoms with Crippen molar-refractivity contribution in [1.29, 1.82) is 0 Å². The maximum atomic E-state index is 12.9. The van der Waals surface area contributed by atoms with Crippen molar-refractivity contribution in [2.45, 2.75) is 44.1 Å². The van der Waals surface area contributed by atoms with E-state index in [1.54, 1.807) is 29.7 Å². The Hall–Kier alpha value is -2.31. The molecule has 0 aliphatic rings. The molecule has 0 aliphatic carbocycles. The Morgan fingerprint density at radius 2 is 1.89 bits per heavy atom. The monoisotopic (exact) mass is 415 g/mol. The topological polar surface area (TPSA) is 64.0 Å². The largest absolute Gasteiger partial charge is 0.325 e. The minimum atomic E-state index is -0.448. The van der Waals surface area contributed by atoms with Gasteiger partial charge >= 0.3 is 0 Å². The molecule has 0 saturated carbocycles. The van der Waals surface area contributed by atoms with E-state index in [1.165, 1.54) is 11.8 Å². The molecule has 0 saturated heterocycles. The van der Waals surface area contributed by atoms with E-state index in [0.717, 1.165) is 5.56 Å². The fourth-order valence-corrected chi connectivity index (χ4v) is 4.05. The molecule has 1 atom stereocenters. The van der Waals surface area contributed by atoms with Crippen LogP contribution in [0.1, 0.15) is 32.4 Å². The molecule has 1 N–H and O–H groups in total. The van der Waals surface area contributed by atoms with Gasteiger partial charge in [-0.1, -0.05) is 41.6 Å². The Bertz CT molecular complexity index is 1090. The standard InChI is InChI=1S/C21H22ClN3O2S/c1-12(2)25-20(27)16-7-5-6-8-17(16)24-21(25)28-14(4)19(26)23-18-11-15(22)10-9-13(18)3/h5-12,14H,1-4H3,(H,23,26)/t14-/m1/s1. The summed E-state index contributed by atoms with van der Waals surface area (Å²) >= 11 is 7.31. The fourth-order valence-electron chi connectivity index (χ4n) is 2.84. The average Bonchev–Trinajstić information content (AvgIpc) is 2.64. The van der Waals surface area contributed by atoms with Crippen LogP contribution in [0, 0.1) is 6.92 Å². The molecule has 28 heavy (non-hydrogen) atoms. The van der Waals surface area contributed by atoms with Crippen LogP contribution >= 0.6 is 23.4 Å². The first-order valence-corrected chi connectivity index (χ1v) is 10.3. The molecule has 0 bridgehead atoms. The van der Waals surface area contributed by atoms with Crippen LogP contribution in [-0.4, -0.2) is 20.7 Å². The zero-order chi connectivity index (χ0) is 20.4. The van der Waals surface area contributed by atoms with Gasteiger partial charge in [-0.05, 0) is 57.5 Å². The van der Waals surface area contributed by atoms with Gasteiger partial charge in [-0.15, -0.1) is 0 Å². The molecule has 0 radical (unpaired) electrons. The first-order valence-electron chi connectivity index (χ1n) is 9.03. The van der Waals surface area contributed by atoms with Crippen molar-refractivity contribution in [3.8, 4) is 0 Å². The van der Waals surface area contributed by atoms with Gasteiger partial charge in [0.15, 0.2) is 5.16 Å². The zero-order valence-corrected chi connectivity index (χ0v) is 17.8. The lowest BCUT2D eigenvalue weighted by atomic mass is 10.2. The van der Waals surface area contributed by atoms with Crippen molar-refractivity contribution in [1.82, 2.24) is 9.55 Å². The third-order valence-electron chi connectivity index (χ3n) is 4.40. The number of halogens is 1. The number of aromatic nitrogens is 2. The normalized spacial score (nSPS) is 12.4. The van der Waals surface area contributed by atoms with Crippen molar-refractivity contribution >= 4 is 45.9 Å². The van der Waals surface area contributed by atoms with Crippen LogP contribution in [0.15, 0.2) is 52.4 Å². The number of carbonyl (C=O) groups excluding carboxylic acids is 1. The maximum absolute atomic E-state index is 12.9. The molecule has 5 nitrogen and oxygen atoms in total. The van der Waals surface area contributed by atoms with Crippen molar-refractivity contribution in [3.05, 3.63) is 63.4 Å². The van der Waals surface area contributed by atoms with Gasteiger partial charge in [-0.25, -0.2) is 4.98 Å². The molecule has 0 spiro atoms. The number of benzene rings is 2. The molecule has 1 heterocycles. The number of aryl methyl sites for hydroxylation is 1. The van der Waals surface area contributed by atoms with E-state index in [1.807, 2.05) is 45.0 Å². The summed E-state index contributed by atoms with van der Waals surface area (Å²) in [6.07, 6.45) is 0. The molecular formula is C21H22ClN3O2S. The molecule has 3 rings (SSSR count). The lowest BCUT2D eigenvalue weighted by molar-refractivity contribution is -0.115. The number of amides is 1. The number of para-hydroxylation sites is 1. The summed E-state index contributed by atoms with van der Waals surface area (Å²) in [5.41, 5.74) is 2.14. The molecule has 0 aliphatic heterocycles. The Morgan fingerprint density at radius 1 is 1.18 bits per heavy atom. The van der Waals surface area contributed by atoms with Crippen LogP contribution in [0.4, 0.5) is 5.69 Å². The van der Waals surface area contributed by atoms with E-state index >= 15 is 0 Å². The summed E-state index contributed by atoms with van der Waals surface area (Å²) in [6, 6.07) is 12.6. The highest BCUT2D eigenvalue weighted by atomic mass is 35.5. The highest BCUT2D eigenvalue weighted by Crippen LogP contribution is 2.27. The number of nitrogens with one attached hydrogen (secondary N) is 1. The molecule has 1 amide bonds. The number of nitrogens with zero attached hydrogens (tertiary/aromatic N) is 2. The molecule has 0 unspecified atom stereocenters. The summed E-state index contributed by atoms with van der Waals surface area (Å²) in [5.74, 6) is -0.173. The van der Waals surface area contributed by atoms with Crippen LogP contribution in [0.25, 0.3) is 10.9 Å². The van der Waals surface area contributed by atoms with Gasteiger partial charge in [0.1, 0.15) is 0 Å². The highest BCUT2D eigenvalue weighted by Gasteiger charge is 2.21. The van der Waals surface area contributed by atoms with Crippen molar-refractivity contribution < 1.29 is 4.79 Å². The smallest absolute Gasteiger partial charge is 0.262 e. The number of hydrogen-bond acceptors (Lipinski definition) is 4. The Balaban J connectivity index is 1.91. The minimum absolute atomic E-state index is 0.0717. The molecule has 7 heteroatoms. The predicted molar refractivity (Wildman–Crippen MR) is 117 cm³/mol. The Morgan fingerprint density at radius 3 is 2.61 bits per heavy atom. The molecular weight excluding hydrogens is 394 g/mol. The second-order valence-electron chi connectivity index (χ2n) is 6.89. The maximum Gasteiger partial charge on any atom is 0.262 e. The molecule has 3 aromatic rings. The first-order chi connectivity index (χ1) is 13.3. The second kappa shape index (κ2) is 8.37. The van der Waals surface area contributed by atoms with E-state index in [-0.39, 0.29) is 17.5 Å². The van der Waals surface area contributed by atoms with Crippen molar-refractivity contribution in [2.75, 3.05) is 5.32 Å². The lowest BCUT2D eigenvalue weighted by Gasteiger charge is -2.19. The summed E-state index contributed by atoms with van der Waals surface area (Å²) in [7, 11) is 0. The molecule has 146 valence electrons. The summed E-state index contributed by atoms with van der Waals surface area (Å²) in [6.45, 7) is 7.57. The van der Waals surface area contributed by atoms with Crippen molar-refractivity contribution in [3.63, 3.8) is 0 Å². The number of thioether (sulfide) groups is 1. The summed E-state index contributed by atoms with van der Waals surface area (Å²) in [4.78, 5) is 30.3. The van der Waals surface area contributed by atoms with Gasteiger partial charge < -0.3 is 5.32 Å². The van der Waals surface area contributed by atoms with Gasteiger partial charge in [-0.2, -0.15) is 0 Å². The van der Waals surface area contributed by atoms with Crippen LogP contribution in [0.2, 0.25) is 5.02 Å². The van der Waals surface area contributed by atoms with E-state index in [2.05, 4.69) is 10.3 Å². The second-order valence-corrected chi connectivity index (χ2v) is 8.63. The zero-order valence-electron chi connectivity index (χ0n) is 16.2. The van der Waals surface area contributed by atoms with Crippen molar-refractivity contribution in [2.24, 2.45) is 0 Å².